The van der Waals surface area contributed by atoms with E-state index in [-0.39, 0.29) is 15.6 Å². The smallest absolute Gasteiger partial charge is 0.264 e. The van der Waals surface area contributed by atoms with Crippen molar-refractivity contribution in [3.63, 3.8) is 0 Å². The predicted octanol–water partition coefficient (Wildman–Crippen LogP) is 2.06. The molecule has 1 heterocycles. The first kappa shape index (κ1) is 14.4. The van der Waals surface area contributed by atoms with Crippen molar-refractivity contribution in [3.05, 3.63) is 40.2 Å². The van der Waals surface area contributed by atoms with E-state index in [0.717, 1.165) is 42.0 Å². The van der Waals surface area contributed by atoms with E-state index in [1.54, 1.807) is 0 Å². The Morgan fingerprint density at radius 1 is 1.38 bits per heavy atom. The Bertz CT molecular complexity index is 765. The van der Waals surface area contributed by atoms with Gasteiger partial charge in [0.25, 0.3) is 10.0 Å². The van der Waals surface area contributed by atoms with Crippen LogP contribution in [0.1, 0.15) is 22.6 Å². The minimum atomic E-state index is -3.97. The fraction of sp³-hybridized carbons (Fsp3) is 0.308. The van der Waals surface area contributed by atoms with Gasteiger partial charge in [0, 0.05) is 4.88 Å². The Morgan fingerprint density at radius 2 is 2.19 bits per heavy atom. The highest BCUT2D eigenvalue weighted by molar-refractivity contribution is 7.93. The number of anilines is 1. The molecule has 0 fully saturated rings. The maximum atomic E-state index is 13.3. The molecule has 5 nitrogen and oxygen atoms in total. The number of benzene rings is 1. The van der Waals surface area contributed by atoms with Crippen molar-refractivity contribution in [1.29, 1.82) is 0 Å². The fourth-order valence-electron chi connectivity index (χ4n) is 2.31. The molecule has 1 aromatic heterocycles. The van der Waals surface area contributed by atoms with Gasteiger partial charge in [-0.3, -0.25) is 4.72 Å². The maximum absolute atomic E-state index is 13.3. The monoisotopic (exact) mass is 328 g/mol. The normalized spacial score (nSPS) is 14.2. The molecular weight excluding hydrogens is 315 g/mol. The third kappa shape index (κ3) is 2.78. The SMILES string of the molecule is O=S(=O)(Nc1nc2c(s1)CCC2)c1cc(F)ccc1CO. The molecule has 0 spiro atoms. The number of nitrogens with one attached hydrogen (secondary N) is 1. The summed E-state index contributed by atoms with van der Waals surface area (Å²) in [6.07, 6.45) is 2.81. The molecule has 2 aromatic rings. The highest BCUT2D eigenvalue weighted by Crippen LogP contribution is 2.32. The van der Waals surface area contributed by atoms with Crippen LogP contribution in [0.25, 0.3) is 0 Å². The number of halogens is 1. The second-order valence-corrected chi connectivity index (χ2v) is 7.49. The zero-order valence-corrected chi connectivity index (χ0v) is 12.6. The number of aryl methyl sites for hydroxylation is 2. The van der Waals surface area contributed by atoms with Crippen LogP contribution in [0.4, 0.5) is 9.52 Å². The minimum Gasteiger partial charge on any atom is -0.392 e. The van der Waals surface area contributed by atoms with Gasteiger partial charge < -0.3 is 5.11 Å². The summed E-state index contributed by atoms with van der Waals surface area (Å²) in [6.45, 7) is -0.481. The highest BCUT2D eigenvalue weighted by Gasteiger charge is 2.23. The Kier molecular flexibility index (Phi) is 3.68. The van der Waals surface area contributed by atoms with Crippen molar-refractivity contribution >= 4 is 26.5 Å². The van der Waals surface area contributed by atoms with Crippen molar-refractivity contribution in [1.82, 2.24) is 4.98 Å². The van der Waals surface area contributed by atoms with Crippen molar-refractivity contribution < 1.29 is 17.9 Å². The van der Waals surface area contributed by atoms with Crippen molar-refractivity contribution in [2.24, 2.45) is 0 Å². The molecule has 2 N–H and O–H groups in total. The third-order valence-electron chi connectivity index (χ3n) is 3.31. The molecule has 0 saturated heterocycles. The number of hydrogen-bond acceptors (Lipinski definition) is 5. The molecule has 8 heteroatoms. The van der Waals surface area contributed by atoms with E-state index in [2.05, 4.69) is 9.71 Å². The number of fused-ring (bicyclic) bond motifs is 1. The van der Waals surface area contributed by atoms with Gasteiger partial charge in [0.2, 0.25) is 0 Å². The van der Waals surface area contributed by atoms with E-state index in [9.17, 15) is 17.9 Å². The molecule has 0 aliphatic heterocycles. The van der Waals surface area contributed by atoms with E-state index >= 15 is 0 Å². The first-order valence-electron chi connectivity index (χ1n) is 6.40. The predicted molar refractivity (Wildman–Crippen MR) is 77.3 cm³/mol. The van der Waals surface area contributed by atoms with Crippen molar-refractivity contribution in [2.75, 3.05) is 4.72 Å². The van der Waals surface area contributed by atoms with Gasteiger partial charge in [0.15, 0.2) is 5.13 Å². The van der Waals surface area contributed by atoms with Crippen LogP contribution in [0, 0.1) is 5.82 Å². The number of aromatic nitrogens is 1. The van der Waals surface area contributed by atoms with Crippen LogP contribution < -0.4 is 4.72 Å². The number of aliphatic hydroxyl groups excluding tert-OH is 1. The third-order valence-corrected chi connectivity index (χ3v) is 5.93. The second-order valence-electron chi connectivity index (χ2n) is 4.76. The highest BCUT2D eigenvalue weighted by atomic mass is 32.2. The van der Waals surface area contributed by atoms with Gasteiger partial charge in [-0.1, -0.05) is 6.07 Å². The summed E-state index contributed by atoms with van der Waals surface area (Å²) >= 11 is 1.30. The van der Waals surface area contributed by atoms with Crippen LogP contribution in [0.5, 0.6) is 0 Å². The first-order chi connectivity index (χ1) is 9.99. The maximum Gasteiger partial charge on any atom is 0.264 e. The standard InChI is InChI=1S/C13H13FN2O3S2/c14-9-5-4-8(7-17)12(6-9)21(18,19)16-13-15-10-2-1-3-11(10)20-13/h4-6,17H,1-3,7H2,(H,15,16). The molecule has 0 radical (unpaired) electrons. The molecule has 0 atom stereocenters. The molecule has 0 unspecified atom stereocenters. The lowest BCUT2D eigenvalue weighted by molar-refractivity contribution is 0.278. The van der Waals surface area contributed by atoms with E-state index in [4.69, 9.17) is 0 Å². The summed E-state index contributed by atoms with van der Waals surface area (Å²) < 4.78 is 40.3. The van der Waals surface area contributed by atoms with Crippen LogP contribution in [0.2, 0.25) is 0 Å². The average Bonchev–Trinajstić information content (AvgIpc) is 2.99. The number of rotatable bonds is 4. The Labute approximate surface area is 125 Å². The number of aliphatic hydroxyl groups is 1. The second kappa shape index (κ2) is 5.36. The van der Waals surface area contributed by atoms with Crippen LogP contribution >= 0.6 is 11.3 Å². The Hall–Kier alpha value is -1.51. The number of nitrogens with zero attached hydrogens (tertiary/aromatic N) is 1. The molecule has 0 bridgehead atoms. The van der Waals surface area contributed by atoms with E-state index in [1.807, 2.05) is 0 Å². The van der Waals surface area contributed by atoms with Gasteiger partial charge in [0.05, 0.1) is 17.2 Å². The topological polar surface area (TPSA) is 79.3 Å². The van der Waals surface area contributed by atoms with E-state index in [1.165, 1.54) is 17.4 Å². The fourth-order valence-corrected chi connectivity index (χ4v) is 4.84. The number of hydrogen-bond donors (Lipinski definition) is 2. The summed E-state index contributed by atoms with van der Waals surface area (Å²) in [4.78, 5) is 5.08. The van der Waals surface area contributed by atoms with Gasteiger partial charge in [0.1, 0.15) is 5.82 Å². The zero-order chi connectivity index (χ0) is 15.0. The van der Waals surface area contributed by atoms with Crippen LogP contribution in [0.3, 0.4) is 0 Å². The molecule has 0 saturated carbocycles. The summed E-state index contributed by atoms with van der Waals surface area (Å²) in [5.74, 6) is -0.672. The molecule has 1 aliphatic carbocycles. The molecule has 1 aliphatic rings. The quantitative estimate of drug-likeness (QED) is 0.900. The summed E-state index contributed by atoms with van der Waals surface area (Å²) in [7, 11) is -3.97. The van der Waals surface area contributed by atoms with Gasteiger partial charge in [-0.15, -0.1) is 11.3 Å². The molecular formula is C13H13FN2O3S2. The van der Waals surface area contributed by atoms with E-state index < -0.39 is 22.4 Å². The lowest BCUT2D eigenvalue weighted by Gasteiger charge is -2.09. The first-order valence-corrected chi connectivity index (χ1v) is 8.70. The molecule has 1 aromatic carbocycles. The van der Waals surface area contributed by atoms with Crippen LogP contribution in [-0.2, 0) is 29.5 Å². The van der Waals surface area contributed by atoms with E-state index in [0.29, 0.717) is 0 Å². The van der Waals surface area contributed by atoms with Gasteiger partial charge in [-0.2, -0.15) is 0 Å². The Balaban J connectivity index is 1.94. The van der Waals surface area contributed by atoms with Crippen LogP contribution in [0.15, 0.2) is 23.1 Å². The largest absolute Gasteiger partial charge is 0.392 e. The van der Waals surface area contributed by atoms with Crippen molar-refractivity contribution in [3.8, 4) is 0 Å². The van der Waals surface area contributed by atoms with Gasteiger partial charge in [-0.05, 0) is 37.0 Å². The Morgan fingerprint density at radius 3 is 2.90 bits per heavy atom. The molecule has 21 heavy (non-hydrogen) atoms. The van der Waals surface area contributed by atoms with Crippen molar-refractivity contribution in [2.45, 2.75) is 30.8 Å². The van der Waals surface area contributed by atoms with Crippen LogP contribution in [-0.4, -0.2) is 18.5 Å². The zero-order valence-electron chi connectivity index (χ0n) is 11.0. The summed E-state index contributed by atoms with van der Waals surface area (Å²) in [5.41, 5.74) is 1.08. The summed E-state index contributed by atoms with van der Waals surface area (Å²) in [6, 6.07) is 3.27. The minimum absolute atomic E-state index is 0.146. The van der Waals surface area contributed by atoms with Gasteiger partial charge in [-0.25, -0.2) is 17.8 Å². The lowest BCUT2D eigenvalue weighted by atomic mass is 10.2. The molecule has 112 valence electrons. The number of thiazole rings is 1. The molecule has 0 amide bonds. The lowest BCUT2D eigenvalue weighted by Crippen LogP contribution is -2.15. The molecule has 3 rings (SSSR count). The average molecular weight is 328 g/mol. The summed E-state index contributed by atoms with van der Waals surface area (Å²) in [5, 5.41) is 9.49. The number of sulfonamides is 1. The van der Waals surface area contributed by atoms with Gasteiger partial charge >= 0.3 is 0 Å².